The Labute approximate surface area is 132 Å². The largest absolute Gasteiger partial charge is 0.494 e. The average Bonchev–Trinajstić information content (AvgIpc) is 2.55. The highest BCUT2D eigenvalue weighted by atomic mass is 16.5. The molecule has 2 atom stereocenters. The molecule has 118 valence electrons. The van der Waals surface area contributed by atoms with E-state index < -0.39 is 0 Å². The normalized spacial score (nSPS) is 13.5. The van der Waals surface area contributed by atoms with E-state index in [9.17, 15) is 0 Å². The first-order chi connectivity index (χ1) is 10.7. The molecule has 0 radical (unpaired) electrons. The summed E-state index contributed by atoms with van der Waals surface area (Å²) in [5, 5.41) is 0. The fourth-order valence-corrected chi connectivity index (χ4v) is 2.37. The molecule has 0 fully saturated rings. The Balaban J connectivity index is 2.19. The summed E-state index contributed by atoms with van der Waals surface area (Å²) in [6, 6.07) is 14.9. The fraction of sp³-hybridized carbons (Fsp3) is 0.333. The van der Waals surface area contributed by atoms with Gasteiger partial charge in [-0.1, -0.05) is 24.3 Å². The van der Waals surface area contributed by atoms with Gasteiger partial charge in [-0.15, -0.1) is 0 Å². The highest BCUT2D eigenvalue weighted by Crippen LogP contribution is 2.28. The summed E-state index contributed by atoms with van der Waals surface area (Å²) in [4.78, 5) is 0. The molecule has 22 heavy (non-hydrogen) atoms. The van der Waals surface area contributed by atoms with E-state index in [1.165, 1.54) is 0 Å². The summed E-state index contributed by atoms with van der Waals surface area (Å²) >= 11 is 0. The van der Waals surface area contributed by atoms with Gasteiger partial charge in [-0.05, 0) is 49.2 Å². The summed E-state index contributed by atoms with van der Waals surface area (Å²) in [5.41, 5.74) is 14.6. The van der Waals surface area contributed by atoms with E-state index in [-0.39, 0.29) is 12.1 Å². The molecule has 0 saturated carbocycles. The Morgan fingerprint density at radius 3 is 1.55 bits per heavy atom. The molecule has 2 unspecified atom stereocenters. The van der Waals surface area contributed by atoms with Crippen LogP contribution in [0, 0.1) is 0 Å². The topological polar surface area (TPSA) is 70.5 Å². The summed E-state index contributed by atoms with van der Waals surface area (Å²) in [6.07, 6.45) is 0. The Hall–Kier alpha value is -2.04. The van der Waals surface area contributed by atoms with Crippen molar-refractivity contribution in [2.75, 3.05) is 13.2 Å². The maximum atomic E-state index is 6.34. The number of ether oxygens (including phenoxy) is 2. The van der Waals surface area contributed by atoms with Crippen LogP contribution < -0.4 is 20.9 Å². The summed E-state index contributed by atoms with van der Waals surface area (Å²) in [5.74, 6) is 1.62. The zero-order chi connectivity index (χ0) is 15.9. The number of nitrogens with two attached hydrogens (primary N) is 2. The number of rotatable bonds is 7. The van der Waals surface area contributed by atoms with Gasteiger partial charge < -0.3 is 20.9 Å². The van der Waals surface area contributed by atoms with Crippen LogP contribution in [0.1, 0.15) is 37.1 Å². The van der Waals surface area contributed by atoms with Gasteiger partial charge in [0.1, 0.15) is 11.5 Å². The van der Waals surface area contributed by atoms with Crippen LogP contribution in [0.4, 0.5) is 0 Å². The Morgan fingerprint density at radius 1 is 0.773 bits per heavy atom. The van der Waals surface area contributed by atoms with Crippen molar-refractivity contribution in [2.45, 2.75) is 25.9 Å². The predicted octanol–water partition coefficient (Wildman–Crippen LogP) is 3.18. The van der Waals surface area contributed by atoms with Crippen LogP contribution >= 0.6 is 0 Å². The van der Waals surface area contributed by atoms with Gasteiger partial charge in [0.2, 0.25) is 0 Å². The standard InChI is InChI=1S/C18H24N2O2/c1-3-21-15-9-5-7-13(11-15)17(19)18(20)14-8-6-10-16(12-14)22-4-2/h5-12,17-18H,3-4,19-20H2,1-2H3. The second kappa shape index (κ2) is 7.82. The molecule has 4 N–H and O–H groups in total. The van der Waals surface area contributed by atoms with Crippen LogP contribution in [0.5, 0.6) is 11.5 Å². The van der Waals surface area contributed by atoms with E-state index >= 15 is 0 Å². The molecule has 4 heteroatoms. The molecule has 0 bridgehead atoms. The van der Waals surface area contributed by atoms with Crippen LogP contribution in [0.25, 0.3) is 0 Å². The molecule has 0 heterocycles. The molecular formula is C18H24N2O2. The first kappa shape index (κ1) is 16.3. The summed E-state index contributed by atoms with van der Waals surface area (Å²) in [7, 11) is 0. The molecule has 0 spiro atoms. The van der Waals surface area contributed by atoms with Crippen LogP contribution in [0.3, 0.4) is 0 Å². The molecule has 0 aromatic heterocycles. The lowest BCUT2D eigenvalue weighted by atomic mass is 9.94. The maximum absolute atomic E-state index is 6.34. The third-order valence-corrected chi connectivity index (χ3v) is 3.49. The van der Waals surface area contributed by atoms with E-state index in [0.717, 1.165) is 22.6 Å². The maximum Gasteiger partial charge on any atom is 0.119 e. The summed E-state index contributed by atoms with van der Waals surface area (Å²) in [6.45, 7) is 5.16. The lowest BCUT2D eigenvalue weighted by molar-refractivity contribution is 0.338. The molecule has 4 nitrogen and oxygen atoms in total. The van der Waals surface area contributed by atoms with Gasteiger partial charge in [0.05, 0.1) is 13.2 Å². The van der Waals surface area contributed by atoms with E-state index in [4.69, 9.17) is 20.9 Å². The average molecular weight is 300 g/mol. The van der Waals surface area contributed by atoms with Crippen molar-refractivity contribution in [1.82, 2.24) is 0 Å². The smallest absolute Gasteiger partial charge is 0.119 e. The molecule has 0 aliphatic heterocycles. The monoisotopic (exact) mass is 300 g/mol. The molecule has 0 aliphatic rings. The van der Waals surface area contributed by atoms with Crippen molar-refractivity contribution < 1.29 is 9.47 Å². The minimum absolute atomic E-state index is 0.308. The first-order valence-electron chi connectivity index (χ1n) is 7.62. The lowest BCUT2D eigenvalue weighted by Gasteiger charge is -2.21. The lowest BCUT2D eigenvalue weighted by Crippen LogP contribution is -2.26. The van der Waals surface area contributed by atoms with Gasteiger partial charge in [-0.3, -0.25) is 0 Å². The van der Waals surface area contributed by atoms with E-state index in [1.807, 2.05) is 62.4 Å². The third kappa shape index (κ3) is 4.00. The van der Waals surface area contributed by atoms with Crippen molar-refractivity contribution in [1.29, 1.82) is 0 Å². The number of hydrogen-bond donors (Lipinski definition) is 2. The highest BCUT2D eigenvalue weighted by Gasteiger charge is 2.18. The van der Waals surface area contributed by atoms with Crippen LogP contribution in [-0.4, -0.2) is 13.2 Å². The van der Waals surface area contributed by atoms with E-state index in [0.29, 0.717) is 13.2 Å². The second-order valence-electron chi connectivity index (χ2n) is 5.06. The van der Waals surface area contributed by atoms with Crippen LogP contribution in [0.15, 0.2) is 48.5 Å². The molecule has 2 aromatic carbocycles. The molecule has 0 amide bonds. The van der Waals surface area contributed by atoms with Gasteiger partial charge in [0, 0.05) is 12.1 Å². The van der Waals surface area contributed by atoms with Gasteiger partial charge in [-0.2, -0.15) is 0 Å². The van der Waals surface area contributed by atoms with Crippen molar-refractivity contribution >= 4 is 0 Å². The minimum atomic E-state index is -0.308. The zero-order valence-electron chi connectivity index (χ0n) is 13.2. The fourth-order valence-electron chi connectivity index (χ4n) is 2.37. The minimum Gasteiger partial charge on any atom is -0.494 e. The Bertz CT molecular complexity index is 548. The molecular weight excluding hydrogens is 276 g/mol. The van der Waals surface area contributed by atoms with Gasteiger partial charge >= 0.3 is 0 Å². The Kier molecular flexibility index (Phi) is 5.81. The van der Waals surface area contributed by atoms with Crippen LogP contribution in [0.2, 0.25) is 0 Å². The van der Waals surface area contributed by atoms with Crippen molar-refractivity contribution in [3.8, 4) is 11.5 Å². The van der Waals surface area contributed by atoms with Crippen molar-refractivity contribution in [3.63, 3.8) is 0 Å². The Morgan fingerprint density at radius 2 is 1.18 bits per heavy atom. The molecule has 2 rings (SSSR count). The van der Waals surface area contributed by atoms with Gasteiger partial charge in [-0.25, -0.2) is 0 Å². The van der Waals surface area contributed by atoms with E-state index in [1.54, 1.807) is 0 Å². The van der Waals surface area contributed by atoms with Crippen molar-refractivity contribution in [2.24, 2.45) is 11.5 Å². The molecule has 2 aromatic rings. The predicted molar refractivity (Wildman–Crippen MR) is 89.1 cm³/mol. The van der Waals surface area contributed by atoms with Gasteiger partial charge in [0.25, 0.3) is 0 Å². The highest BCUT2D eigenvalue weighted by molar-refractivity contribution is 5.35. The number of hydrogen-bond acceptors (Lipinski definition) is 4. The molecule has 0 aliphatic carbocycles. The quantitative estimate of drug-likeness (QED) is 0.824. The van der Waals surface area contributed by atoms with Crippen molar-refractivity contribution in [3.05, 3.63) is 59.7 Å². The SMILES string of the molecule is CCOc1cccc(C(N)C(N)c2cccc(OCC)c2)c1. The second-order valence-corrected chi connectivity index (χ2v) is 5.06. The van der Waals surface area contributed by atoms with Gasteiger partial charge in [0.15, 0.2) is 0 Å². The van der Waals surface area contributed by atoms with Crippen LogP contribution in [-0.2, 0) is 0 Å². The third-order valence-electron chi connectivity index (χ3n) is 3.49. The zero-order valence-corrected chi connectivity index (χ0v) is 13.2. The van der Waals surface area contributed by atoms with E-state index in [2.05, 4.69) is 0 Å². The first-order valence-corrected chi connectivity index (χ1v) is 7.62. The summed E-state index contributed by atoms with van der Waals surface area (Å²) < 4.78 is 11.0. The molecule has 0 saturated heterocycles. The number of benzene rings is 2.